The molecular weight excluding hydrogens is 404 g/mol. The van der Waals surface area contributed by atoms with E-state index in [1.165, 1.54) is 18.2 Å². The smallest absolute Gasteiger partial charge is 0.373 e. The van der Waals surface area contributed by atoms with Crippen molar-refractivity contribution in [1.82, 2.24) is 20.0 Å². The third kappa shape index (κ3) is 5.17. The number of amides is 1. The molecule has 2 atom stereocenters. The van der Waals surface area contributed by atoms with Crippen LogP contribution in [0.2, 0.25) is 0 Å². The number of hydrogen-bond acceptors (Lipinski definition) is 4. The molecule has 10 heteroatoms. The molecule has 0 saturated carbocycles. The third-order valence-corrected chi connectivity index (χ3v) is 4.79. The molecule has 6 nitrogen and oxygen atoms in total. The van der Waals surface area contributed by atoms with Crippen molar-refractivity contribution >= 4 is 5.91 Å². The van der Waals surface area contributed by atoms with E-state index < -0.39 is 29.2 Å². The number of para-hydroxylation sites is 1. The van der Waals surface area contributed by atoms with Gasteiger partial charge in [-0.05, 0) is 32.4 Å². The highest BCUT2D eigenvalue weighted by Crippen LogP contribution is 2.34. The number of nitrogens with zero attached hydrogens (tertiary/aromatic N) is 3. The third-order valence-electron chi connectivity index (χ3n) is 4.79. The van der Waals surface area contributed by atoms with Crippen molar-refractivity contribution in [3.8, 4) is 5.69 Å². The second-order valence-electron chi connectivity index (χ2n) is 7.39. The summed E-state index contributed by atoms with van der Waals surface area (Å²) in [6, 6.07) is 4.96. The van der Waals surface area contributed by atoms with E-state index in [4.69, 9.17) is 4.74 Å². The maximum absolute atomic E-state index is 14.0. The van der Waals surface area contributed by atoms with E-state index in [1.807, 2.05) is 13.8 Å². The van der Waals surface area contributed by atoms with E-state index in [-0.39, 0.29) is 24.4 Å². The van der Waals surface area contributed by atoms with E-state index in [1.54, 1.807) is 0 Å². The number of carbonyl (C=O) groups is 1. The second kappa shape index (κ2) is 9.13. The van der Waals surface area contributed by atoms with Crippen LogP contribution < -0.4 is 5.32 Å². The largest absolute Gasteiger partial charge is 0.434 e. The van der Waals surface area contributed by atoms with Gasteiger partial charge in [0.2, 0.25) is 0 Å². The van der Waals surface area contributed by atoms with Gasteiger partial charge in [-0.25, -0.2) is 9.07 Å². The van der Waals surface area contributed by atoms with Crippen LogP contribution in [-0.2, 0) is 10.9 Å². The highest BCUT2D eigenvalue weighted by Gasteiger charge is 2.41. The number of alkyl halides is 3. The normalized spacial score (nSPS) is 20.3. The van der Waals surface area contributed by atoms with E-state index in [0.717, 1.165) is 25.4 Å². The van der Waals surface area contributed by atoms with Crippen LogP contribution in [0.1, 0.15) is 36.3 Å². The number of aromatic nitrogens is 2. The topological polar surface area (TPSA) is 59.4 Å². The molecule has 30 heavy (non-hydrogen) atoms. The van der Waals surface area contributed by atoms with Gasteiger partial charge >= 0.3 is 6.18 Å². The van der Waals surface area contributed by atoms with E-state index in [2.05, 4.69) is 15.3 Å². The zero-order valence-electron chi connectivity index (χ0n) is 16.7. The summed E-state index contributed by atoms with van der Waals surface area (Å²) in [4.78, 5) is 14.6. The summed E-state index contributed by atoms with van der Waals surface area (Å²) in [6.07, 6.45) is -3.26. The maximum Gasteiger partial charge on any atom is 0.434 e. The fourth-order valence-corrected chi connectivity index (χ4v) is 3.66. The number of benzene rings is 1. The van der Waals surface area contributed by atoms with Crippen molar-refractivity contribution in [2.24, 2.45) is 0 Å². The molecule has 3 rings (SSSR count). The summed E-state index contributed by atoms with van der Waals surface area (Å²) in [5.74, 6) is -1.76. The van der Waals surface area contributed by atoms with Gasteiger partial charge in [0, 0.05) is 26.2 Å². The molecule has 1 fully saturated rings. The zero-order valence-corrected chi connectivity index (χ0v) is 16.7. The molecule has 1 amide bonds. The van der Waals surface area contributed by atoms with Crippen molar-refractivity contribution in [2.45, 2.75) is 38.7 Å². The molecular formula is C20H24F4N4O2. The Labute approximate surface area is 171 Å². The Morgan fingerprint density at radius 3 is 2.53 bits per heavy atom. The van der Waals surface area contributed by atoms with Crippen LogP contribution >= 0.6 is 0 Å². The molecule has 1 saturated heterocycles. The Kier molecular flexibility index (Phi) is 6.77. The summed E-state index contributed by atoms with van der Waals surface area (Å²) in [7, 11) is 0. The van der Waals surface area contributed by atoms with Gasteiger partial charge in [0.25, 0.3) is 5.91 Å². The summed E-state index contributed by atoms with van der Waals surface area (Å²) >= 11 is 0. The number of carbonyl (C=O) groups excluding carboxylic acids is 1. The van der Waals surface area contributed by atoms with Crippen LogP contribution in [0, 0.1) is 5.82 Å². The first kappa shape index (κ1) is 22.2. The maximum atomic E-state index is 14.0. The quantitative estimate of drug-likeness (QED) is 0.567. The Morgan fingerprint density at radius 1 is 1.23 bits per heavy atom. The van der Waals surface area contributed by atoms with Gasteiger partial charge in [0.1, 0.15) is 11.5 Å². The molecule has 1 N–H and O–H groups in total. The molecule has 164 valence electrons. The zero-order chi connectivity index (χ0) is 21.9. The fraction of sp³-hybridized carbons (Fsp3) is 0.500. The molecule has 0 radical (unpaired) electrons. The Morgan fingerprint density at radius 2 is 1.90 bits per heavy atom. The van der Waals surface area contributed by atoms with Crippen LogP contribution in [0.4, 0.5) is 17.6 Å². The van der Waals surface area contributed by atoms with Crippen molar-refractivity contribution in [1.29, 1.82) is 0 Å². The van der Waals surface area contributed by atoms with E-state index >= 15 is 0 Å². The predicted molar refractivity (Wildman–Crippen MR) is 102 cm³/mol. The number of morpholine rings is 1. The van der Waals surface area contributed by atoms with Gasteiger partial charge in [-0.2, -0.15) is 18.3 Å². The molecule has 1 aliphatic heterocycles. The first-order chi connectivity index (χ1) is 14.2. The highest BCUT2D eigenvalue weighted by molar-refractivity contribution is 5.95. The molecule has 2 aromatic rings. The minimum absolute atomic E-state index is 0.113. The minimum atomic E-state index is -4.88. The van der Waals surface area contributed by atoms with Gasteiger partial charge in [-0.3, -0.25) is 9.69 Å². The van der Waals surface area contributed by atoms with Gasteiger partial charge in [-0.1, -0.05) is 12.1 Å². The predicted octanol–water partition coefficient (Wildman–Crippen LogP) is 3.26. The fourth-order valence-electron chi connectivity index (χ4n) is 3.66. The molecule has 1 aliphatic rings. The second-order valence-corrected chi connectivity index (χ2v) is 7.39. The van der Waals surface area contributed by atoms with Gasteiger partial charge in [-0.15, -0.1) is 0 Å². The van der Waals surface area contributed by atoms with Crippen LogP contribution in [0.15, 0.2) is 30.5 Å². The highest BCUT2D eigenvalue weighted by atomic mass is 19.4. The Bertz CT molecular complexity index is 874. The van der Waals surface area contributed by atoms with Crippen molar-refractivity contribution in [3.63, 3.8) is 0 Å². The lowest BCUT2D eigenvalue weighted by Crippen LogP contribution is -2.46. The number of hydrogen-bond donors (Lipinski definition) is 1. The Balaban J connectivity index is 1.67. The van der Waals surface area contributed by atoms with Crippen molar-refractivity contribution < 1.29 is 27.1 Å². The average Bonchev–Trinajstić information content (AvgIpc) is 3.10. The lowest BCUT2D eigenvalue weighted by atomic mass is 10.2. The molecule has 1 aromatic heterocycles. The molecule has 1 aromatic carbocycles. The monoisotopic (exact) mass is 428 g/mol. The molecule has 0 spiro atoms. The summed E-state index contributed by atoms with van der Waals surface area (Å²) < 4.78 is 61.0. The van der Waals surface area contributed by atoms with E-state index in [9.17, 15) is 22.4 Å². The first-order valence-corrected chi connectivity index (χ1v) is 9.73. The molecule has 2 heterocycles. The van der Waals surface area contributed by atoms with Crippen LogP contribution in [0.5, 0.6) is 0 Å². The van der Waals surface area contributed by atoms with Crippen molar-refractivity contribution in [2.75, 3.05) is 26.2 Å². The lowest BCUT2D eigenvalue weighted by molar-refractivity contribution is -0.143. The van der Waals surface area contributed by atoms with Gasteiger partial charge in [0.15, 0.2) is 5.69 Å². The molecule has 0 bridgehead atoms. The number of nitrogens with one attached hydrogen (secondary N) is 1. The number of rotatable bonds is 6. The van der Waals surface area contributed by atoms with E-state index in [0.29, 0.717) is 17.6 Å². The van der Waals surface area contributed by atoms with Crippen LogP contribution in [0.3, 0.4) is 0 Å². The van der Waals surface area contributed by atoms with Gasteiger partial charge < -0.3 is 10.1 Å². The SMILES string of the molecule is CC1CN(CCCNC(=O)c2cnn(-c3ccccc3F)c2C(F)(F)F)CC(C)O1. The number of halogens is 4. The van der Waals surface area contributed by atoms with Crippen molar-refractivity contribution in [3.05, 3.63) is 47.5 Å². The van der Waals surface area contributed by atoms with Crippen LogP contribution in [0.25, 0.3) is 5.69 Å². The molecule has 2 unspecified atom stereocenters. The van der Waals surface area contributed by atoms with Gasteiger partial charge in [0.05, 0.1) is 24.0 Å². The lowest BCUT2D eigenvalue weighted by Gasteiger charge is -2.35. The summed E-state index contributed by atoms with van der Waals surface area (Å²) in [6.45, 7) is 6.41. The number of ether oxygens (including phenoxy) is 1. The first-order valence-electron chi connectivity index (χ1n) is 9.73. The average molecular weight is 428 g/mol. The van der Waals surface area contributed by atoms with Crippen LogP contribution in [-0.4, -0.2) is 59.0 Å². The Hall–Kier alpha value is -2.46. The summed E-state index contributed by atoms with van der Waals surface area (Å²) in [5.41, 5.74) is -2.32. The molecule has 0 aliphatic carbocycles. The minimum Gasteiger partial charge on any atom is -0.373 e. The standard InChI is InChI=1S/C20H24F4N4O2/c1-13-11-27(12-14(2)30-13)9-5-8-25-19(29)15-10-26-28(18(15)20(22,23)24)17-7-4-3-6-16(17)21/h3-4,6-7,10,13-14H,5,8-9,11-12H2,1-2H3,(H,25,29). The summed E-state index contributed by atoms with van der Waals surface area (Å²) in [5, 5.41) is 6.14.